The summed E-state index contributed by atoms with van der Waals surface area (Å²) < 4.78 is 28.4. The number of rotatable bonds is 3. The highest BCUT2D eigenvalue weighted by Crippen LogP contribution is 2.35. The average molecular weight is 389 g/mol. The molecule has 1 N–H and O–H groups in total. The van der Waals surface area contributed by atoms with Gasteiger partial charge in [-0.1, -0.05) is 6.42 Å². The minimum absolute atomic E-state index is 0.325. The Bertz CT molecular complexity index is 626. The van der Waals surface area contributed by atoms with E-state index in [0.29, 0.717) is 18.0 Å². The number of pyridine rings is 1. The van der Waals surface area contributed by atoms with Gasteiger partial charge in [-0.15, -0.1) is 0 Å². The van der Waals surface area contributed by atoms with Crippen LogP contribution >= 0.6 is 15.9 Å². The van der Waals surface area contributed by atoms with Crippen LogP contribution in [0.15, 0.2) is 21.8 Å². The Hall–Kier alpha value is -0.700. The van der Waals surface area contributed by atoms with Gasteiger partial charge < -0.3 is 10.2 Å². The fourth-order valence-electron chi connectivity index (χ4n) is 3.04. The largest absolute Gasteiger partial charge is 0.367 e. The van der Waals surface area contributed by atoms with Crippen LogP contribution in [0, 0.1) is 0 Å². The Kier molecular flexibility index (Phi) is 5.01. The van der Waals surface area contributed by atoms with Crippen molar-refractivity contribution in [3.63, 3.8) is 0 Å². The van der Waals surface area contributed by atoms with E-state index in [1.807, 2.05) is 0 Å². The molecule has 2 fully saturated rings. The molecular formula is C14H21BrN4O2S. The normalized spacial score (nSPS) is 21.0. The lowest BCUT2D eigenvalue weighted by Gasteiger charge is -2.33. The minimum atomic E-state index is -3.49. The fourth-order valence-corrected chi connectivity index (χ4v) is 5.45. The molecule has 0 saturated carbocycles. The van der Waals surface area contributed by atoms with Gasteiger partial charge in [-0.25, -0.2) is 8.42 Å². The van der Waals surface area contributed by atoms with Crippen molar-refractivity contribution in [2.24, 2.45) is 0 Å². The van der Waals surface area contributed by atoms with Crippen LogP contribution in [0.1, 0.15) is 19.3 Å². The Morgan fingerprint density at radius 1 is 1.05 bits per heavy atom. The third-order valence-electron chi connectivity index (χ3n) is 4.21. The van der Waals surface area contributed by atoms with Crippen LogP contribution in [0.25, 0.3) is 0 Å². The molecule has 0 unspecified atom stereocenters. The summed E-state index contributed by atoms with van der Waals surface area (Å²) >= 11 is 3.49. The molecule has 22 heavy (non-hydrogen) atoms. The molecule has 0 amide bonds. The lowest BCUT2D eigenvalue weighted by molar-refractivity contribution is 0.346. The summed E-state index contributed by atoms with van der Waals surface area (Å²) in [7, 11) is -3.49. The maximum Gasteiger partial charge on any atom is 0.246 e. The van der Waals surface area contributed by atoms with Gasteiger partial charge in [0.15, 0.2) is 0 Å². The van der Waals surface area contributed by atoms with Crippen LogP contribution in [0.3, 0.4) is 0 Å². The molecule has 122 valence electrons. The first kappa shape index (κ1) is 16.2. The molecule has 0 aliphatic carbocycles. The van der Waals surface area contributed by atoms with Gasteiger partial charge in [0.25, 0.3) is 0 Å². The molecule has 3 heterocycles. The second kappa shape index (κ2) is 6.82. The maximum atomic E-state index is 13.0. The Labute approximate surface area is 140 Å². The molecule has 0 bridgehead atoms. The van der Waals surface area contributed by atoms with Crippen LogP contribution in [-0.4, -0.2) is 57.0 Å². The van der Waals surface area contributed by atoms with E-state index >= 15 is 0 Å². The molecule has 3 rings (SSSR count). The van der Waals surface area contributed by atoms with Gasteiger partial charge in [-0.05, 0) is 28.8 Å². The maximum absolute atomic E-state index is 13.0. The van der Waals surface area contributed by atoms with Gasteiger partial charge in [0.1, 0.15) is 4.90 Å². The summed E-state index contributed by atoms with van der Waals surface area (Å²) in [5, 5.41) is 3.29. The van der Waals surface area contributed by atoms with Crippen molar-refractivity contribution in [2.45, 2.75) is 24.2 Å². The quantitative estimate of drug-likeness (QED) is 0.848. The van der Waals surface area contributed by atoms with E-state index in [1.165, 1.54) is 6.20 Å². The van der Waals surface area contributed by atoms with E-state index in [9.17, 15) is 8.42 Å². The standard InChI is InChI=1S/C14H21BrN4O2S/c15-12-10-17-11-13(14(12)18-8-4-16-5-9-18)22(20,21)19-6-2-1-3-7-19/h10-11,16H,1-9H2. The summed E-state index contributed by atoms with van der Waals surface area (Å²) in [4.78, 5) is 6.55. The van der Waals surface area contributed by atoms with E-state index in [4.69, 9.17) is 0 Å². The van der Waals surface area contributed by atoms with Crippen LogP contribution in [0.5, 0.6) is 0 Å². The molecular weight excluding hydrogens is 368 g/mol. The SMILES string of the molecule is O=S(=O)(c1cncc(Br)c1N1CCNCC1)N1CCCCC1. The van der Waals surface area contributed by atoms with Gasteiger partial charge >= 0.3 is 0 Å². The van der Waals surface area contributed by atoms with Crippen molar-refractivity contribution >= 4 is 31.6 Å². The molecule has 0 radical (unpaired) electrons. The number of nitrogens with one attached hydrogen (secondary N) is 1. The van der Waals surface area contributed by atoms with E-state index in [0.717, 1.165) is 55.6 Å². The zero-order valence-electron chi connectivity index (χ0n) is 12.5. The molecule has 0 spiro atoms. The Balaban J connectivity index is 2.00. The number of piperazine rings is 1. The van der Waals surface area contributed by atoms with E-state index < -0.39 is 10.0 Å². The van der Waals surface area contributed by atoms with E-state index in [2.05, 4.69) is 31.1 Å². The van der Waals surface area contributed by atoms with Crippen LogP contribution < -0.4 is 10.2 Å². The van der Waals surface area contributed by atoms with Crippen LogP contribution in [0.4, 0.5) is 5.69 Å². The zero-order valence-corrected chi connectivity index (χ0v) is 14.9. The highest BCUT2D eigenvalue weighted by molar-refractivity contribution is 9.10. The summed E-state index contributed by atoms with van der Waals surface area (Å²) in [6.07, 6.45) is 6.14. The van der Waals surface area contributed by atoms with Gasteiger partial charge in [0.2, 0.25) is 10.0 Å². The van der Waals surface area contributed by atoms with Crippen molar-refractivity contribution in [3.8, 4) is 0 Å². The molecule has 2 aliphatic heterocycles. The second-order valence-corrected chi connectivity index (χ2v) is 8.43. The van der Waals surface area contributed by atoms with Gasteiger partial charge in [0.05, 0.1) is 10.2 Å². The van der Waals surface area contributed by atoms with Crippen molar-refractivity contribution in [3.05, 3.63) is 16.9 Å². The summed E-state index contributed by atoms with van der Waals surface area (Å²) in [5.74, 6) is 0. The Morgan fingerprint density at radius 2 is 1.73 bits per heavy atom. The monoisotopic (exact) mass is 388 g/mol. The highest BCUT2D eigenvalue weighted by Gasteiger charge is 2.31. The lowest BCUT2D eigenvalue weighted by atomic mass is 10.2. The van der Waals surface area contributed by atoms with Gasteiger partial charge in [0, 0.05) is 51.7 Å². The zero-order chi connectivity index (χ0) is 15.6. The number of sulfonamides is 1. The molecule has 0 aromatic carbocycles. The molecule has 6 nitrogen and oxygen atoms in total. The number of piperidine rings is 1. The van der Waals surface area contributed by atoms with Crippen molar-refractivity contribution in [1.82, 2.24) is 14.6 Å². The molecule has 1 aromatic heterocycles. The number of hydrogen-bond acceptors (Lipinski definition) is 5. The number of anilines is 1. The Morgan fingerprint density at radius 3 is 2.41 bits per heavy atom. The molecule has 2 saturated heterocycles. The predicted molar refractivity (Wildman–Crippen MR) is 89.6 cm³/mol. The molecule has 8 heteroatoms. The average Bonchev–Trinajstić information content (AvgIpc) is 2.56. The first-order valence-corrected chi connectivity index (χ1v) is 9.93. The third-order valence-corrected chi connectivity index (χ3v) is 6.69. The number of hydrogen-bond donors (Lipinski definition) is 1. The number of halogens is 1. The third kappa shape index (κ3) is 3.15. The molecule has 2 aliphatic rings. The smallest absolute Gasteiger partial charge is 0.246 e. The second-order valence-electron chi connectivity index (χ2n) is 5.67. The predicted octanol–water partition coefficient (Wildman–Crippen LogP) is 1.43. The number of nitrogens with zero attached hydrogens (tertiary/aromatic N) is 3. The van der Waals surface area contributed by atoms with Gasteiger partial charge in [-0.2, -0.15) is 4.31 Å². The summed E-state index contributed by atoms with van der Waals surface area (Å²) in [6, 6.07) is 0. The molecule has 0 atom stereocenters. The van der Waals surface area contributed by atoms with E-state index in [-0.39, 0.29) is 0 Å². The van der Waals surface area contributed by atoms with Crippen molar-refractivity contribution in [1.29, 1.82) is 0 Å². The number of aromatic nitrogens is 1. The van der Waals surface area contributed by atoms with Crippen LogP contribution in [-0.2, 0) is 10.0 Å². The molecule has 1 aromatic rings. The highest BCUT2D eigenvalue weighted by atomic mass is 79.9. The lowest BCUT2D eigenvalue weighted by Crippen LogP contribution is -2.45. The topological polar surface area (TPSA) is 65.5 Å². The summed E-state index contributed by atoms with van der Waals surface area (Å²) in [5.41, 5.74) is 0.752. The first-order chi connectivity index (χ1) is 10.6. The minimum Gasteiger partial charge on any atom is -0.367 e. The van der Waals surface area contributed by atoms with E-state index in [1.54, 1.807) is 10.5 Å². The fraction of sp³-hybridized carbons (Fsp3) is 0.643. The van der Waals surface area contributed by atoms with Crippen molar-refractivity contribution < 1.29 is 8.42 Å². The summed E-state index contributed by atoms with van der Waals surface area (Å²) in [6.45, 7) is 4.53. The first-order valence-electron chi connectivity index (χ1n) is 7.70. The van der Waals surface area contributed by atoms with Crippen molar-refractivity contribution in [2.75, 3.05) is 44.2 Å². The van der Waals surface area contributed by atoms with Gasteiger partial charge in [-0.3, -0.25) is 4.98 Å². The van der Waals surface area contributed by atoms with Crippen LogP contribution in [0.2, 0.25) is 0 Å².